The highest BCUT2D eigenvalue weighted by Gasteiger charge is 2.28. The van der Waals surface area contributed by atoms with E-state index in [1.807, 2.05) is 38.1 Å². The molecule has 180 valence electrons. The Labute approximate surface area is 203 Å². The van der Waals surface area contributed by atoms with Gasteiger partial charge in [0.15, 0.2) is 0 Å². The van der Waals surface area contributed by atoms with Gasteiger partial charge in [-0.15, -0.1) is 5.10 Å². The highest BCUT2D eigenvalue weighted by Crippen LogP contribution is 2.28. The second kappa shape index (κ2) is 9.74. The van der Waals surface area contributed by atoms with E-state index >= 15 is 0 Å². The summed E-state index contributed by atoms with van der Waals surface area (Å²) in [7, 11) is 0. The van der Waals surface area contributed by atoms with Crippen molar-refractivity contribution in [3.8, 4) is 5.75 Å². The molecule has 3 aromatic rings. The van der Waals surface area contributed by atoms with E-state index in [1.54, 1.807) is 0 Å². The lowest BCUT2D eigenvalue weighted by atomic mass is 9.97. The summed E-state index contributed by atoms with van der Waals surface area (Å²) in [5.41, 5.74) is 2.77. The Balaban J connectivity index is 1.24. The number of carbonyl (C=O) groups excluding carboxylic acids is 1. The van der Waals surface area contributed by atoms with Crippen molar-refractivity contribution in [2.75, 3.05) is 18.0 Å². The number of anilines is 1. The number of nitrogens with zero attached hydrogens (tertiary/aromatic N) is 4. The van der Waals surface area contributed by atoms with Crippen LogP contribution in [0.3, 0.4) is 0 Å². The number of benzene rings is 1. The molecule has 3 heterocycles. The predicted molar refractivity (Wildman–Crippen MR) is 133 cm³/mol. The number of ether oxygens (including phenoxy) is 1. The number of hydrogen-bond acceptors (Lipinski definition) is 7. The van der Waals surface area contributed by atoms with E-state index in [9.17, 15) is 9.59 Å². The van der Waals surface area contributed by atoms with Gasteiger partial charge in [-0.3, -0.25) is 9.59 Å². The van der Waals surface area contributed by atoms with E-state index in [0.29, 0.717) is 18.1 Å². The Morgan fingerprint density at radius 1 is 1.21 bits per heavy atom. The Hall–Kier alpha value is -2.94. The van der Waals surface area contributed by atoms with Gasteiger partial charge in [0, 0.05) is 25.2 Å². The SMILES string of the molecule is CC(C)Oc1ccc(CNC(=O)[C@@H]2CCCN(c3nn4c(=O)c5c(nc4s3)CCCC5)C2)cc1. The number of aryl methyl sites for hydroxylation is 1. The number of piperidine rings is 1. The van der Waals surface area contributed by atoms with Gasteiger partial charge in [0.1, 0.15) is 5.75 Å². The van der Waals surface area contributed by atoms with Crippen LogP contribution in [-0.4, -0.2) is 39.7 Å². The van der Waals surface area contributed by atoms with Crippen LogP contribution in [0, 0.1) is 5.92 Å². The molecule has 8 nitrogen and oxygen atoms in total. The zero-order valence-corrected chi connectivity index (χ0v) is 20.6. The first-order valence-electron chi connectivity index (χ1n) is 12.2. The minimum absolute atomic E-state index is 0.0293. The van der Waals surface area contributed by atoms with E-state index < -0.39 is 0 Å². The van der Waals surface area contributed by atoms with Gasteiger partial charge in [-0.05, 0) is 70.1 Å². The van der Waals surface area contributed by atoms with Gasteiger partial charge in [0.2, 0.25) is 16.0 Å². The Kier molecular flexibility index (Phi) is 6.54. The maximum Gasteiger partial charge on any atom is 0.278 e. The average Bonchev–Trinajstić information content (AvgIpc) is 3.28. The van der Waals surface area contributed by atoms with Crippen LogP contribution in [0.1, 0.15) is 56.4 Å². The fourth-order valence-corrected chi connectivity index (χ4v) is 5.69. The first kappa shape index (κ1) is 22.8. The van der Waals surface area contributed by atoms with Gasteiger partial charge in [-0.2, -0.15) is 4.52 Å². The molecule has 34 heavy (non-hydrogen) atoms. The molecular weight excluding hydrogens is 450 g/mol. The van der Waals surface area contributed by atoms with E-state index in [0.717, 1.165) is 72.8 Å². The average molecular weight is 482 g/mol. The molecule has 1 aliphatic heterocycles. The van der Waals surface area contributed by atoms with E-state index in [4.69, 9.17) is 9.72 Å². The second-order valence-electron chi connectivity index (χ2n) is 9.44. The second-order valence-corrected chi connectivity index (χ2v) is 10.4. The number of nitrogens with one attached hydrogen (secondary N) is 1. The Morgan fingerprint density at radius 2 is 2.00 bits per heavy atom. The van der Waals surface area contributed by atoms with Gasteiger partial charge < -0.3 is 15.0 Å². The lowest BCUT2D eigenvalue weighted by Crippen LogP contribution is -2.43. The molecular formula is C25H31N5O3S. The Bertz CT molecular complexity index is 1230. The quantitative estimate of drug-likeness (QED) is 0.581. The fraction of sp³-hybridized carbons (Fsp3) is 0.520. The minimum atomic E-state index is -0.109. The summed E-state index contributed by atoms with van der Waals surface area (Å²) >= 11 is 1.44. The van der Waals surface area contributed by atoms with Crippen LogP contribution in [0.5, 0.6) is 5.75 Å². The van der Waals surface area contributed by atoms with Crippen LogP contribution >= 0.6 is 11.3 Å². The highest BCUT2D eigenvalue weighted by atomic mass is 32.1. The fourth-order valence-electron chi connectivity index (χ4n) is 4.75. The molecule has 1 saturated heterocycles. The van der Waals surface area contributed by atoms with Crippen LogP contribution in [0.15, 0.2) is 29.1 Å². The predicted octanol–water partition coefficient (Wildman–Crippen LogP) is 3.35. The molecule has 0 unspecified atom stereocenters. The summed E-state index contributed by atoms with van der Waals surface area (Å²) in [4.78, 5) is 33.3. The zero-order chi connectivity index (χ0) is 23.7. The number of hydrogen-bond donors (Lipinski definition) is 1. The molecule has 1 aromatic carbocycles. The molecule has 0 saturated carbocycles. The van der Waals surface area contributed by atoms with Crippen molar-refractivity contribution in [3.05, 3.63) is 51.4 Å². The summed E-state index contributed by atoms with van der Waals surface area (Å²) in [5.74, 6) is 0.777. The molecule has 2 aromatic heterocycles. The minimum Gasteiger partial charge on any atom is -0.491 e. The van der Waals surface area contributed by atoms with E-state index in [-0.39, 0.29) is 23.5 Å². The number of fused-ring (bicyclic) bond motifs is 2. The van der Waals surface area contributed by atoms with Crippen molar-refractivity contribution in [1.29, 1.82) is 0 Å². The maximum atomic E-state index is 12.9. The number of rotatable bonds is 6. The topological polar surface area (TPSA) is 88.8 Å². The van der Waals surface area contributed by atoms with Gasteiger partial charge >= 0.3 is 0 Å². The molecule has 0 spiro atoms. The summed E-state index contributed by atoms with van der Waals surface area (Å²) in [6.07, 6.45) is 5.67. The number of carbonyl (C=O) groups is 1. The van der Waals surface area contributed by atoms with Crippen molar-refractivity contribution in [2.45, 2.75) is 65.0 Å². The van der Waals surface area contributed by atoms with Gasteiger partial charge in [0.05, 0.1) is 17.7 Å². The third-order valence-electron chi connectivity index (χ3n) is 6.49. The lowest BCUT2D eigenvalue weighted by molar-refractivity contribution is -0.125. The molecule has 1 fully saturated rings. The summed E-state index contributed by atoms with van der Waals surface area (Å²) in [6.45, 7) is 5.91. The third-order valence-corrected chi connectivity index (χ3v) is 7.46. The summed E-state index contributed by atoms with van der Waals surface area (Å²) in [5, 5.41) is 8.45. The molecule has 1 aliphatic carbocycles. The van der Waals surface area contributed by atoms with Crippen molar-refractivity contribution < 1.29 is 9.53 Å². The van der Waals surface area contributed by atoms with Gasteiger partial charge in [-0.1, -0.05) is 23.5 Å². The smallest absolute Gasteiger partial charge is 0.278 e. The monoisotopic (exact) mass is 481 g/mol. The normalized spacial score (nSPS) is 18.2. The first-order chi connectivity index (χ1) is 16.5. The largest absolute Gasteiger partial charge is 0.491 e. The zero-order valence-electron chi connectivity index (χ0n) is 19.7. The van der Waals surface area contributed by atoms with Crippen molar-refractivity contribution in [2.24, 2.45) is 5.92 Å². The molecule has 9 heteroatoms. The van der Waals surface area contributed by atoms with E-state index in [2.05, 4.69) is 15.3 Å². The summed E-state index contributed by atoms with van der Waals surface area (Å²) in [6, 6.07) is 7.84. The Morgan fingerprint density at radius 3 is 2.79 bits per heavy atom. The van der Waals surface area contributed by atoms with Crippen LogP contribution in [0.2, 0.25) is 0 Å². The standard InChI is InChI=1S/C25H31N5O3S/c1-16(2)33-19-11-9-17(10-12-19)14-26-22(31)18-6-5-13-29(15-18)25-28-30-23(32)20-7-3-4-8-21(20)27-24(30)34-25/h9-12,16,18H,3-8,13-15H2,1-2H3,(H,26,31)/t18-/m1/s1. The van der Waals surface area contributed by atoms with Crippen molar-refractivity contribution in [1.82, 2.24) is 19.9 Å². The number of amides is 1. The molecule has 1 atom stereocenters. The van der Waals surface area contributed by atoms with Crippen LogP contribution < -0.4 is 20.5 Å². The van der Waals surface area contributed by atoms with Crippen LogP contribution in [0.4, 0.5) is 5.13 Å². The van der Waals surface area contributed by atoms with Crippen LogP contribution in [-0.2, 0) is 24.2 Å². The van der Waals surface area contributed by atoms with Crippen molar-refractivity contribution in [3.63, 3.8) is 0 Å². The van der Waals surface area contributed by atoms with Gasteiger partial charge in [-0.25, -0.2) is 4.98 Å². The molecule has 0 bridgehead atoms. The summed E-state index contributed by atoms with van der Waals surface area (Å²) < 4.78 is 7.14. The lowest BCUT2D eigenvalue weighted by Gasteiger charge is -2.31. The van der Waals surface area contributed by atoms with Crippen LogP contribution in [0.25, 0.3) is 4.96 Å². The molecule has 2 aliphatic rings. The molecule has 1 amide bonds. The van der Waals surface area contributed by atoms with Gasteiger partial charge in [0.25, 0.3) is 5.56 Å². The molecule has 0 radical (unpaired) electrons. The first-order valence-corrected chi connectivity index (χ1v) is 13.0. The maximum absolute atomic E-state index is 12.9. The number of aromatic nitrogens is 3. The van der Waals surface area contributed by atoms with Crippen molar-refractivity contribution >= 4 is 27.3 Å². The third kappa shape index (κ3) is 4.80. The highest BCUT2D eigenvalue weighted by molar-refractivity contribution is 7.20. The molecule has 1 N–H and O–H groups in total. The van der Waals surface area contributed by atoms with E-state index in [1.165, 1.54) is 15.9 Å². The molecule has 5 rings (SSSR count).